The minimum atomic E-state index is -0.293. The Labute approximate surface area is 145 Å². The van der Waals surface area contributed by atoms with Gasteiger partial charge in [0.05, 0.1) is 0 Å². The topological polar surface area (TPSA) is 53.2 Å². The molecule has 0 fully saturated rings. The second kappa shape index (κ2) is 7.97. The maximum atomic E-state index is 12.9. The highest BCUT2D eigenvalue weighted by Gasteiger charge is 2.02. The molecule has 3 rings (SSSR count). The second-order valence-corrected chi connectivity index (χ2v) is 5.50. The van der Waals surface area contributed by atoms with E-state index in [4.69, 9.17) is 0 Å². The Balaban J connectivity index is 1.51. The quantitative estimate of drug-likeness (QED) is 0.609. The smallest absolute Gasteiger partial charge is 0.323 e. The zero-order valence-corrected chi connectivity index (χ0v) is 13.5. The molecule has 0 bridgehead atoms. The molecular formula is C20H18FN3O. The first-order valence-electron chi connectivity index (χ1n) is 7.90. The summed E-state index contributed by atoms with van der Waals surface area (Å²) in [4.78, 5) is 11.9. The summed E-state index contributed by atoms with van der Waals surface area (Å²) in [5.74, 6) is -0.243. The van der Waals surface area contributed by atoms with Crippen LogP contribution in [0.25, 0.3) is 0 Å². The molecule has 0 heterocycles. The standard InChI is InChI=1S/C20H18FN3O/c21-16-8-6-15(7-9-16)14-22-17-10-12-19(13-11-17)24-20(25)23-18-4-2-1-3-5-18/h1-13,22H,14H2,(H2,23,24,25). The zero-order chi connectivity index (χ0) is 17.5. The van der Waals surface area contributed by atoms with Crippen molar-refractivity contribution in [1.82, 2.24) is 0 Å². The van der Waals surface area contributed by atoms with Crippen LogP contribution in [-0.4, -0.2) is 6.03 Å². The van der Waals surface area contributed by atoms with Crippen molar-refractivity contribution in [1.29, 1.82) is 0 Å². The average molecular weight is 335 g/mol. The number of hydrogen-bond donors (Lipinski definition) is 3. The highest BCUT2D eigenvalue weighted by atomic mass is 19.1. The molecule has 126 valence electrons. The predicted molar refractivity (Wildman–Crippen MR) is 99.3 cm³/mol. The van der Waals surface area contributed by atoms with Crippen LogP contribution in [-0.2, 0) is 6.54 Å². The van der Waals surface area contributed by atoms with Gasteiger partial charge in [-0.15, -0.1) is 0 Å². The molecular weight excluding hydrogens is 317 g/mol. The van der Waals surface area contributed by atoms with Crippen LogP contribution < -0.4 is 16.0 Å². The number of urea groups is 1. The third-order valence-electron chi connectivity index (χ3n) is 3.58. The van der Waals surface area contributed by atoms with Crippen LogP contribution in [0.15, 0.2) is 78.9 Å². The van der Waals surface area contributed by atoms with Gasteiger partial charge in [-0.1, -0.05) is 30.3 Å². The fraction of sp³-hybridized carbons (Fsp3) is 0.0500. The van der Waals surface area contributed by atoms with Gasteiger partial charge in [-0.05, 0) is 54.1 Å². The molecule has 5 heteroatoms. The molecule has 4 nitrogen and oxygen atoms in total. The van der Waals surface area contributed by atoms with Crippen molar-refractivity contribution in [3.63, 3.8) is 0 Å². The van der Waals surface area contributed by atoms with E-state index in [0.29, 0.717) is 12.2 Å². The van der Waals surface area contributed by atoms with E-state index >= 15 is 0 Å². The summed E-state index contributed by atoms with van der Waals surface area (Å²) in [5.41, 5.74) is 3.34. The summed E-state index contributed by atoms with van der Waals surface area (Å²) in [5, 5.41) is 8.79. The number of rotatable bonds is 5. The van der Waals surface area contributed by atoms with Gasteiger partial charge >= 0.3 is 6.03 Å². The van der Waals surface area contributed by atoms with E-state index in [2.05, 4.69) is 16.0 Å². The molecule has 0 saturated carbocycles. The summed E-state index contributed by atoms with van der Waals surface area (Å²) in [6.07, 6.45) is 0. The summed E-state index contributed by atoms with van der Waals surface area (Å²) in [7, 11) is 0. The lowest BCUT2D eigenvalue weighted by Gasteiger charge is -2.10. The number of anilines is 3. The molecule has 0 aromatic heterocycles. The molecule has 25 heavy (non-hydrogen) atoms. The molecule has 0 aliphatic carbocycles. The fourth-order valence-corrected chi connectivity index (χ4v) is 2.29. The van der Waals surface area contributed by atoms with Crippen molar-refractivity contribution >= 4 is 23.1 Å². The van der Waals surface area contributed by atoms with Crippen LogP contribution in [0.2, 0.25) is 0 Å². The van der Waals surface area contributed by atoms with E-state index in [1.807, 2.05) is 54.6 Å². The Hall–Kier alpha value is -3.34. The lowest BCUT2D eigenvalue weighted by molar-refractivity contribution is 0.262. The molecule has 3 aromatic carbocycles. The first-order valence-corrected chi connectivity index (χ1v) is 7.90. The van der Waals surface area contributed by atoms with Gasteiger partial charge in [-0.3, -0.25) is 0 Å². The number of benzene rings is 3. The highest BCUT2D eigenvalue weighted by Crippen LogP contribution is 2.15. The fourth-order valence-electron chi connectivity index (χ4n) is 2.29. The summed E-state index contributed by atoms with van der Waals surface area (Å²) >= 11 is 0. The summed E-state index contributed by atoms with van der Waals surface area (Å²) < 4.78 is 12.9. The number of hydrogen-bond acceptors (Lipinski definition) is 2. The van der Waals surface area contributed by atoms with Crippen molar-refractivity contribution < 1.29 is 9.18 Å². The average Bonchev–Trinajstić information content (AvgIpc) is 2.63. The van der Waals surface area contributed by atoms with Gasteiger partial charge in [-0.25, -0.2) is 9.18 Å². The second-order valence-electron chi connectivity index (χ2n) is 5.50. The van der Waals surface area contributed by atoms with Gasteiger partial charge in [-0.2, -0.15) is 0 Å². The first-order chi connectivity index (χ1) is 12.2. The predicted octanol–water partition coefficient (Wildman–Crippen LogP) is 5.08. The van der Waals surface area contributed by atoms with Crippen LogP contribution >= 0.6 is 0 Å². The van der Waals surface area contributed by atoms with Crippen LogP contribution in [0.4, 0.5) is 26.2 Å². The summed E-state index contributed by atoms with van der Waals surface area (Å²) in [6, 6.07) is 22.7. The van der Waals surface area contributed by atoms with Gasteiger partial charge in [0.2, 0.25) is 0 Å². The molecule has 0 aliphatic rings. The van der Waals surface area contributed by atoms with E-state index in [9.17, 15) is 9.18 Å². The van der Waals surface area contributed by atoms with Gasteiger partial charge in [0, 0.05) is 23.6 Å². The van der Waals surface area contributed by atoms with Crippen LogP contribution in [0.1, 0.15) is 5.56 Å². The number of nitrogens with one attached hydrogen (secondary N) is 3. The highest BCUT2D eigenvalue weighted by molar-refractivity contribution is 5.99. The first kappa shape index (κ1) is 16.5. The number of carbonyl (C=O) groups excluding carboxylic acids is 1. The third kappa shape index (κ3) is 5.07. The Kier molecular flexibility index (Phi) is 5.26. The van der Waals surface area contributed by atoms with Crippen molar-refractivity contribution in [2.45, 2.75) is 6.54 Å². The van der Waals surface area contributed by atoms with Crippen molar-refractivity contribution in [3.05, 3.63) is 90.2 Å². The van der Waals surface area contributed by atoms with Crippen LogP contribution in [0.3, 0.4) is 0 Å². The van der Waals surface area contributed by atoms with Gasteiger partial charge in [0.15, 0.2) is 0 Å². The van der Waals surface area contributed by atoms with Crippen molar-refractivity contribution in [2.24, 2.45) is 0 Å². The Morgan fingerprint density at radius 2 is 1.28 bits per heavy atom. The summed E-state index contributed by atoms with van der Waals surface area (Å²) in [6.45, 7) is 0.599. The lowest BCUT2D eigenvalue weighted by Crippen LogP contribution is -2.19. The molecule has 0 aliphatic heterocycles. The van der Waals surface area contributed by atoms with Gasteiger partial charge in [0.1, 0.15) is 5.82 Å². The molecule has 2 amide bonds. The van der Waals surface area contributed by atoms with Crippen LogP contribution in [0, 0.1) is 5.82 Å². The minimum Gasteiger partial charge on any atom is -0.381 e. The molecule has 0 radical (unpaired) electrons. The number of carbonyl (C=O) groups is 1. The Morgan fingerprint density at radius 1 is 0.720 bits per heavy atom. The molecule has 0 spiro atoms. The van der Waals surface area contributed by atoms with E-state index < -0.39 is 0 Å². The number of halogens is 1. The molecule has 3 aromatic rings. The zero-order valence-electron chi connectivity index (χ0n) is 13.5. The van der Waals surface area contributed by atoms with E-state index in [-0.39, 0.29) is 11.8 Å². The SMILES string of the molecule is O=C(Nc1ccccc1)Nc1ccc(NCc2ccc(F)cc2)cc1. The minimum absolute atomic E-state index is 0.243. The molecule has 3 N–H and O–H groups in total. The third-order valence-corrected chi connectivity index (χ3v) is 3.58. The van der Waals surface area contributed by atoms with Crippen LogP contribution in [0.5, 0.6) is 0 Å². The van der Waals surface area contributed by atoms with Crippen molar-refractivity contribution in [2.75, 3.05) is 16.0 Å². The van der Waals surface area contributed by atoms with E-state index in [0.717, 1.165) is 16.9 Å². The number of amides is 2. The maximum Gasteiger partial charge on any atom is 0.323 e. The molecule has 0 unspecified atom stereocenters. The maximum absolute atomic E-state index is 12.9. The molecule has 0 atom stereocenters. The van der Waals surface area contributed by atoms with E-state index in [1.54, 1.807) is 12.1 Å². The monoisotopic (exact) mass is 335 g/mol. The van der Waals surface area contributed by atoms with Gasteiger partial charge < -0.3 is 16.0 Å². The molecule has 0 saturated heterocycles. The van der Waals surface area contributed by atoms with E-state index in [1.165, 1.54) is 12.1 Å². The number of para-hydroxylation sites is 1. The Morgan fingerprint density at radius 3 is 1.92 bits per heavy atom. The van der Waals surface area contributed by atoms with Gasteiger partial charge in [0.25, 0.3) is 0 Å². The largest absolute Gasteiger partial charge is 0.381 e. The Bertz CT molecular complexity index is 818. The van der Waals surface area contributed by atoms with Crippen molar-refractivity contribution in [3.8, 4) is 0 Å². The lowest BCUT2D eigenvalue weighted by atomic mass is 10.2. The normalized spacial score (nSPS) is 10.1.